The van der Waals surface area contributed by atoms with Crippen molar-refractivity contribution in [2.75, 3.05) is 18.4 Å². The van der Waals surface area contributed by atoms with Crippen LogP contribution in [-0.4, -0.2) is 34.9 Å². The largest absolute Gasteiger partial charge is 0.350 e. The van der Waals surface area contributed by atoms with Crippen molar-refractivity contribution < 1.29 is 14.0 Å². The van der Waals surface area contributed by atoms with Gasteiger partial charge < -0.3 is 15.5 Å². The van der Waals surface area contributed by atoms with Gasteiger partial charge in [0.05, 0.1) is 12.2 Å². The molecule has 1 aromatic carbocycles. The van der Waals surface area contributed by atoms with E-state index in [0.29, 0.717) is 31.7 Å². The summed E-state index contributed by atoms with van der Waals surface area (Å²) in [5, 5.41) is 5.62. The topological polar surface area (TPSA) is 74.3 Å². The summed E-state index contributed by atoms with van der Waals surface area (Å²) in [5.41, 5.74) is 1.27. The highest BCUT2D eigenvalue weighted by molar-refractivity contribution is 5.89. The second-order valence-electron chi connectivity index (χ2n) is 7.03. The van der Waals surface area contributed by atoms with Crippen molar-refractivity contribution in [2.45, 2.75) is 32.2 Å². The van der Waals surface area contributed by atoms with Crippen molar-refractivity contribution in [3.8, 4) is 0 Å². The summed E-state index contributed by atoms with van der Waals surface area (Å²) in [6.07, 6.45) is 4.76. The van der Waals surface area contributed by atoms with Crippen LogP contribution in [0.2, 0.25) is 0 Å². The first-order chi connectivity index (χ1) is 13.6. The van der Waals surface area contributed by atoms with Crippen LogP contribution in [0, 0.1) is 11.7 Å². The van der Waals surface area contributed by atoms with E-state index < -0.39 is 0 Å². The van der Waals surface area contributed by atoms with Crippen LogP contribution in [0.1, 0.15) is 31.4 Å². The molecular weight excluding hydrogens is 359 g/mol. The second kappa shape index (κ2) is 9.82. The van der Waals surface area contributed by atoms with Gasteiger partial charge in [0.1, 0.15) is 5.82 Å². The Labute approximate surface area is 164 Å². The molecule has 1 saturated heterocycles. The minimum absolute atomic E-state index is 0.00742. The van der Waals surface area contributed by atoms with Crippen molar-refractivity contribution in [2.24, 2.45) is 5.92 Å². The third kappa shape index (κ3) is 6.04. The molecule has 2 heterocycles. The van der Waals surface area contributed by atoms with Crippen LogP contribution < -0.4 is 10.6 Å². The first kappa shape index (κ1) is 19.8. The smallest absolute Gasteiger partial charge is 0.321 e. The number of hydrogen-bond donors (Lipinski definition) is 2. The van der Waals surface area contributed by atoms with Crippen LogP contribution in [0.25, 0.3) is 0 Å². The number of pyridine rings is 1. The van der Waals surface area contributed by atoms with Crippen LogP contribution in [0.3, 0.4) is 0 Å². The van der Waals surface area contributed by atoms with E-state index in [1.54, 1.807) is 23.2 Å². The fourth-order valence-electron chi connectivity index (χ4n) is 3.37. The molecule has 3 amide bonds. The maximum Gasteiger partial charge on any atom is 0.321 e. The number of aromatic nitrogens is 1. The van der Waals surface area contributed by atoms with Crippen LogP contribution in [0.15, 0.2) is 48.7 Å². The number of rotatable bonds is 6. The molecule has 0 saturated carbocycles. The molecule has 1 atom stereocenters. The van der Waals surface area contributed by atoms with Gasteiger partial charge in [-0.3, -0.25) is 9.78 Å². The van der Waals surface area contributed by atoms with Crippen molar-refractivity contribution in [3.05, 3.63) is 60.2 Å². The summed E-state index contributed by atoms with van der Waals surface area (Å²) in [6, 6.07) is 11.2. The molecule has 0 bridgehead atoms. The highest BCUT2D eigenvalue weighted by Crippen LogP contribution is 2.22. The monoisotopic (exact) mass is 384 g/mol. The molecule has 0 aliphatic carbocycles. The molecule has 7 heteroatoms. The Kier molecular flexibility index (Phi) is 6.94. The van der Waals surface area contributed by atoms with E-state index in [4.69, 9.17) is 0 Å². The summed E-state index contributed by atoms with van der Waals surface area (Å²) < 4.78 is 13.3. The molecule has 0 radical (unpaired) electrons. The SMILES string of the molecule is O=C(CCC1CCCN(C(=O)Nc2cccc(F)c2)C1)NCc1ccccn1. The lowest BCUT2D eigenvalue weighted by Crippen LogP contribution is -2.42. The minimum Gasteiger partial charge on any atom is -0.350 e. The maximum absolute atomic E-state index is 13.3. The average molecular weight is 384 g/mol. The zero-order valence-electron chi connectivity index (χ0n) is 15.7. The molecule has 1 aromatic heterocycles. The number of nitrogens with zero attached hydrogens (tertiary/aromatic N) is 2. The fourth-order valence-corrected chi connectivity index (χ4v) is 3.37. The summed E-state index contributed by atoms with van der Waals surface area (Å²) in [5.74, 6) is -0.106. The predicted molar refractivity (Wildman–Crippen MR) is 105 cm³/mol. The number of anilines is 1. The van der Waals surface area contributed by atoms with Crippen LogP contribution in [0.4, 0.5) is 14.9 Å². The molecule has 0 spiro atoms. The Balaban J connectivity index is 1.41. The Hall–Kier alpha value is -2.96. The maximum atomic E-state index is 13.3. The number of amides is 3. The molecule has 2 N–H and O–H groups in total. The van der Waals surface area contributed by atoms with E-state index in [2.05, 4.69) is 15.6 Å². The molecule has 1 aliphatic rings. The summed E-state index contributed by atoms with van der Waals surface area (Å²) in [4.78, 5) is 30.4. The summed E-state index contributed by atoms with van der Waals surface area (Å²) in [7, 11) is 0. The molecule has 1 fully saturated rings. The first-order valence-electron chi connectivity index (χ1n) is 9.58. The lowest BCUT2D eigenvalue weighted by molar-refractivity contribution is -0.121. The number of likely N-dealkylation sites (tertiary alicyclic amines) is 1. The van der Waals surface area contributed by atoms with E-state index in [1.165, 1.54) is 12.1 Å². The number of halogens is 1. The van der Waals surface area contributed by atoms with Gasteiger partial charge in [0.25, 0.3) is 0 Å². The van der Waals surface area contributed by atoms with E-state index in [0.717, 1.165) is 25.0 Å². The summed E-state index contributed by atoms with van der Waals surface area (Å²) >= 11 is 0. The van der Waals surface area contributed by atoms with Gasteiger partial charge in [0.2, 0.25) is 5.91 Å². The Morgan fingerprint density at radius 3 is 2.89 bits per heavy atom. The third-order valence-electron chi connectivity index (χ3n) is 4.85. The lowest BCUT2D eigenvalue weighted by Gasteiger charge is -2.32. The highest BCUT2D eigenvalue weighted by atomic mass is 19.1. The Morgan fingerprint density at radius 2 is 2.11 bits per heavy atom. The van der Waals surface area contributed by atoms with E-state index >= 15 is 0 Å². The molecule has 28 heavy (non-hydrogen) atoms. The van der Waals surface area contributed by atoms with E-state index in [-0.39, 0.29) is 23.7 Å². The van der Waals surface area contributed by atoms with Gasteiger partial charge in [-0.1, -0.05) is 12.1 Å². The van der Waals surface area contributed by atoms with E-state index in [9.17, 15) is 14.0 Å². The van der Waals surface area contributed by atoms with Gasteiger partial charge in [-0.15, -0.1) is 0 Å². The highest BCUT2D eigenvalue weighted by Gasteiger charge is 2.24. The minimum atomic E-state index is -0.383. The first-order valence-corrected chi connectivity index (χ1v) is 9.58. The molecular formula is C21H25FN4O2. The Bertz CT molecular complexity index is 800. The number of carbonyl (C=O) groups excluding carboxylic acids is 2. The van der Waals surface area contributed by atoms with Crippen LogP contribution >= 0.6 is 0 Å². The zero-order chi connectivity index (χ0) is 19.8. The number of carbonyl (C=O) groups is 2. The molecule has 1 unspecified atom stereocenters. The standard InChI is InChI=1S/C21H25FN4O2/c22-17-6-3-8-18(13-17)25-21(28)26-12-4-5-16(15-26)9-10-20(27)24-14-19-7-1-2-11-23-19/h1-3,6-8,11,13,16H,4-5,9-10,12,14-15H2,(H,24,27)(H,25,28). The van der Waals surface area contributed by atoms with E-state index in [1.807, 2.05) is 18.2 Å². The number of nitrogens with one attached hydrogen (secondary N) is 2. The van der Waals surface area contributed by atoms with Crippen molar-refractivity contribution in [1.29, 1.82) is 0 Å². The number of hydrogen-bond acceptors (Lipinski definition) is 3. The lowest BCUT2D eigenvalue weighted by atomic mass is 9.93. The molecule has 2 aromatic rings. The van der Waals surface area contributed by atoms with Gasteiger partial charge >= 0.3 is 6.03 Å². The van der Waals surface area contributed by atoms with Crippen LogP contribution in [-0.2, 0) is 11.3 Å². The number of urea groups is 1. The number of benzene rings is 1. The molecule has 1 aliphatic heterocycles. The summed E-state index contributed by atoms with van der Waals surface area (Å²) in [6.45, 7) is 1.70. The average Bonchev–Trinajstić information content (AvgIpc) is 2.72. The molecule has 3 rings (SSSR count). The second-order valence-corrected chi connectivity index (χ2v) is 7.03. The van der Waals surface area contributed by atoms with Crippen molar-refractivity contribution in [1.82, 2.24) is 15.2 Å². The quantitative estimate of drug-likeness (QED) is 0.800. The Morgan fingerprint density at radius 1 is 1.21 bits per heavy atom. The fraction of sp³-hybridized carbons (Fsp3) is 0.381. The third-order valence-corrected chi connectivity index (χ3v) is 4.85. The van der Waals surface area contributed by atoms with Gasteiger partial charge in [0, 0.05) is 31.4 Å². The van der Waals surface area contributed by atoms with Gasteiger partial charge in [-0.05, 0) is 55.5 Å². The van der Waals surface area contributed by atoms with Crippen LogP contribution in [0.5, 0.6) is 0 Å². The van der Waals surface area contributed by atoms with Gasteiger partial charge in [-0.25, -0.2) is 9.18 Å². The molecule has 6 nitrogen and oxygen atoms in total. The van der Waals surface area contributed by atoms with Gasteiger partial charge in [-0.2, -0.15) is 0 Å². The number of piperidine rings is 1. The molecule has 148 valence electrons. The van der Waals surface area contributed by atoms with Crippen molar-refractivity contribution >= 4 is 17.6 Å². The predicted octanol–water partition coefficient (Wildman–Crippen LogP) is 3.56. The van der Waals surface area contributed by atoms with Gasteiger partial charge in [0.15, 0.2) is 0 Å². The zero-order valence-corrected chi connectivity index (χ0v) is 15.7. The normalized spacial score (nSPS) is 16.5. The van der Waals surface area contributed by atoms with Crippen molar-refractivity contribution in [3.63, 3.8) is 0 Å².